The molecule has 1 saturated heterocycles. The average Bonchev–Trinajstić information content (AvgIpc) is 2.86. The third-order valence-corrected chi connectivity index (χ3v) is 5.03. The van der Waals surface area contributed by atoms with E-state index < -0.39 is 6.04 Å². The van der Waals surface area contributed by atoms with Crippen molar-refractivity contribution < 1.29 is 9.59 Å². The minimum Gasteiger partial charge on any atom is -0.282 e. The van der Waals surface area contributed by atoms with E-state index in [9.17, 15) is 9.59 Å². The zero-order valence-corrected chi connectivity index (χ0v) is 14.3. The van der Waals surface area contributed by atoms with Crippen LogP contribution in [0.2, 0.25) is 0 Å². The summed E-state index contributed by atoms with van der Waals surface area (Å²) in [5, 5.41) is 0. The summed E-state index contributed by atoms with van der Waals surface area (Å²) in [6.07, 6.45) is 0.949. The number of carbonyl (C=O) groups excluding carboxylic acids is 2. The molecule has 4 rings (SSSR count). The van der Waals surface area contributed by atoms with Crippen LogP contribution >= 0.6 is 0 Å². The van der Waals surface area contributed by atoms with Gasteiger partial charge in [0.2, 0.25) is 0 Å². The molecule has 2 aromatic carbocycles. The molecule has 25 heavy (non-hydrogen) atoms. The van der Waals surface area contributed by atoms with Gasteiger partial charge in [-0.15, -0.1) is 0 Å². The van der Waals surface area contributed by atoms with Gasteiger partial charge in [0, 0.05) is 18.8 Å². The molecule has 128 valence electrons. The fourth-order valence-electron chi connectivity index (χ4n) is 3.65. The third kappa shape index (κ3) is 2.81. The van der Waals surface area contributed by atoms with Crippen molar-refractivity contribution in [1.82, 2.24) is 9.80 Å². The lowest BCUT2D eigenvalue weighted by Crippen LogP contribution is -2.44. The number of hydrogen-bond acceptors (Lipinski definition) is 3. The summed E-state index contributed by atoms with van der Waals surface area (Å²) < 4.78 is 0. The van der Waals surface area contributed by atoms with Crippen LogP contribution in [0.25, 0.3) is 0 Å². The lowest BCUT2D eigenvalue weighted by Gasteiger charge is -2.31. The lowest BCUT2D eigenvalue weighted by molar-refractivity contribution is -0.128. The topological polar surface area (TPSA) is 43.9 Å². The summed E-state index contributed by atoms with van der Waals surface area (Å²) >= 11 is 0. The molecule has 2 aliphatic rings. The maximum atomic E-state index is 12.9. The molecule has 2 aromatic rings. The van der Waals surface area contributed by atoms with E-state index in [2.05, 4.69) is 23.1 Å². The molecule has 1 atom stereocenters. The van der Waals surface area contributed by atoms with E-state index in [4.69, 9.17) is 0 Å². The molecular formula is C20H21N3O2. The molecule has 2 heterocycles. The van der Waals surface area contributed by atoms with Crippen molar-refractivity contribution in [1.29, 1.82) is 0 Å². The molecule has 0 aromatic heterocycles. The van der Waals surface area contributed by atoms with E-state index in [1.807, 2.05) is 36.4 Å². The monoisotopic (exact) mass is 335 g/mol. The smallest absolute Gasteiger partial charge is 0.282 e. The summed E-state index contributed by atoms with van der Waals surface area (Å²) in [5.41, 5.74) is 3.40. The van der Waals surface area contributed by atoms with Crippen molar-refractivity contribution in [3.8, 4) is 0 Å². The Hall–Kier alpha value is -2.66. The summed E-state index contributed by atoms with van der Waals surface area (Å²) in [4.78, 5) is 30.6. The number of benzene rings is 2. The number of carbonyl (C=O) groups is 2. The van der Waals surface area contributed by atoms with Crippen molar-refractivity contribution in [2.75, 3.05) is 18.1 Å². The molecule has 2 aliphatic heterocycles. The quantitative estimate of drug-likeness (QED) is 0.810. The van der Waals surface area contributed by atoms with E-state index in [0.717, 1.165) is 25.2 Å². The van der Waals surface area contributed by atoms with Gasteiger partial charge in [-0.2, -0.15) is 0 Å². The SMILES string of the molecule is C[C@@H]1C(=O)N(CN2CCc3ccccc3C2)C(=O)N1c1ccccc1. The Labute approximate surface area is 147 Å². The third-order valence-electron chi connectivity index (χ3n) is 5.03. The van der Waals surface area contributed by atoms with Crippen LogP contribution in [0, 0.1) is 0 Å². The molecule has 3 amide bonds. The van der Waals surface area contributed by atoms with Gasteiger partial charge in [0.15, 0.2) is 0 Å². The average molecular weight is 335 g/mol. The fourth-order valence-corrected chi connectivity index (χ4v) is 3.65. The number of fused-ring (bicyclic) bond motifs is 1. The summed E-state index contributed by atoms with van der Waals surface area (Å²) in [6.45, 7) is 3.76. The number of rotatable bonds is 3. The van der Waals surface area contributed by atoms with Gasteiger partial charge in [0.05, 0.1) is 6.67 Å². The number of amides is 3. The molecule has 1 fully saturated rings. The van der Waals surface area contributed by atoms with E-state index in [1.165, 1.54) is 16.0 Å². The Bertz CT molecular complexity index is 806. The van der Waals surface area contributed by atoms with Crippen molar-refractivity contribution >= 4 is 17.6 Å². The molecule has 0 N–H and O–H groups in total. The van der Waals surface area contributed by atoms with Gasteiger partial charge in [-0.05, 0) is 36.6 Å². The summed E-state index contributed by atoms with van der Waals surface area (Å²) in [6, 6.07) is 17.0. The van der Waals surface area contributed by atoms with Gasteiger partial charge < -0.3 is 0 Å². The second kappa shape index (κ2) is 6.33. The Balaban J connectivity index is 1.52. The second-order valence-corrected chi connectivity index (χ2v) is 6.64. The van der Waals surface area contributed by atoms with Crippen LogP contribution in [0.4, 0.5) is 10.5 Å². The normalized spacial score (nSPS) is 20.9. The Morgan fingerprint density at radius 1 is 0.960 bits per heavy atom. The van der Waals surface area contributed by atoms with Gasteiger partial charge >= 0.3 is 6.03 Å². The van der Waals surface area contributed by atoms with Gasteiger partial charge in [-0.1, -0.05) is 42.5 Å². The highest BCUT2D eigenvalue weighted by Gasteiger charge is 2.43. The van der Waals surface area contributed by atoms with Crippen LogP contribution in [0.15, 0.2) is 54.6 Å². The van der Waals surface area contributed by atoms with Crippen LogP contribution in [0.3, 0.4) is 0 Å². The fraction of sp³-hybridized carbons (Fsp3) is 0.300. The van der Waals surface area contributed by atoms with Gasteiger partial charge in [0.1, 0.15) is 6.04 Å². The molecule has 0 unspecified atom stereocenters. The number of imide groups is 1. The first-order valence-corrected chi connectivity index (χ1v) is 8.64. The van der Waals surface area contributed by atoms with E-state index in [1.54, 1.807) is 11.8 Å². The largest absolute Gasteiger partial charge is 0.333 e. The van der Waals surface area contributed by atoms with Crippen LogP contribution in [0.5, 0.6) is 0 Å². The standard InChI is InChI=1S/C20H21N3O2/c1-15-19(24)22(20(25)23(15)18-9-3-2-4-10-18)14-21-12-11-16-7-5-6-8-17(16)13-21/h2-10,15H,11-14H2,1H3/t15-/m1/s1. The Kier molecular flexibility index (Phi) is 4.01. The van der Waals surface area contributed by atoms with Crippen molar-refractivity contribution in [2.24, 2.45) is 0 Å². The second-order valence-electron chi connectivity index (χ2n) is 6.64. The zero-order chi connectivity index (χ0) is 17.4. The van der Waals surface area contributed by atoms with E-state index in [0.29, 0.717) is 6.67 Å². The zero-order valence-electron chi connectivity index (χ0n) is 14.3. The van der Waals surface area contributed by atoms with Gasteiger partial charge in [-0.3, -0.25) is 14.6 Å². The van der Waals surface area contributed by atoms with Gasteiger partial charge in [0.25, 0.3) is 5.91 Å². The highest BCUT2D eigenvalue weighted by molar-refractivity contribution is 6.14. The molecule has 0 saturated carbocycles. The minimum absolute atomic E-state index is 0.132. The summed E-state index contributed by atoms with van der Waals surface area (Å²) in [7, 11) is 0. The maximum Gasteiger partial charge on any atom is 0.333 e. The minimum atomic E-state index is -0.466. The lowest BCUT2D eigenvalue weighted by atomic mass is 10.0. The maximum absolute atomic E-state index is 12.9. The molecule has 5 nitrogen and oxygen atoms in total. The van der Waals surface area contributed by atoms with Gasteiger partial charge in [-0.25, -0.2) is 9.69 Å². The number of hydrogen-bond donors (Lipinski definition) is 0. The first-order valence-electron chi connectivity index (χ1n) is 8.64. The predicted molar refractivity (Wildman–Crippen MR) is 96.0 cm³/mol. The predicted octanol–water partition coefficient (Wildman–Crippen LogP) is 2.86. The van der Waals surface area contributed by atoms with Crippen molar-refractivity contribution in [2.45, 2.75) is 25.9 Å². The van der Waals surface area contributed by atoms with Crippen molar-refractivity contribution in [3.05, 3.63) is 65.7 Å². The van der Waals surface area contributed by atoms with E-state index in [-0.39, 0.29) is 11.9 Å². The molecule has 5 heteroatoms. The first-order chi connectivity index (χ1) is 12.1. The van der Waals surface area contributed by atoms with E-state index >= 15 is 0 Å². The molecule has 0 bridgehead atoms. The first kappa shape index (κ1) is 15.8. The number of para-hydroxylation sites is 1. The number of nitrogens with zero attached hydrogens (tertiary/aromatic N) is 3. The number of anilines is 1. The molecule has 0 spiro atoms. The van der Waals surface area contributed by atoms with Crippen LogP contribution in [-0.4, -0.2) is 41.0 Å². The highest BCUT2D eigenvalue weighted by atomic mass is 16.2. The molecule has 0 radical (unpaired) electrons. The van der Waals surface area contributed by atoms with Crippen molar-refractivity contribution in [3.63, 3.8) is 0 Å². The highest BCUT2D eigenvalue weighted by Crippen LogP contribution is 2.26. The molecule has 0 aliphatic carbocycles. The van der Waals surface area contributed by atoms with Crippen LogP contribution in [0.1, 0.15) is 18.1 Å². The summed E-state index contributed by atoms with van der Waals surface area (Å²) in [5.74, 6) is -0.132. The molecular weight excluding hydrogens is 314 g/mol. The van der Waals surface area contributed by atoms with Crippen LogP contribution in [-0.2, 0) is 17.8 Å². The Morgan fingerprint density at radius 2 is 1.64 bits per heavy atom. The number of urea groups is 1. The Morgan fingerprint density at radius 3 is 2.40 bits per heavy atom. The van der Waals surface area contributed by atoms with Crippen LogP contribution < -0.4 is 4.90 Å².